The summed E-state index contributed by atoms with van der Waals surface area (Å²) in [7, 11) is 0. The number of aromatic nitrogens is 2. The Kier molecular flexibility index (Phi) is 6.65. The first-order valence-electron chi connectivity index (χ1n) is 11.1. The Labute approximate surface area is 177 Å². The van der Waals surface area contributed by atoms with Gasteiger partial charge in [0.15, 0.2) is 0 Å². The number of aryl methyl sites for hydroxylation is 1. The van der Waals surface area contributed by atoms with Crippen LogP contribution in [-0.2, 0) is 11.2 Å². The van der Waals surface area contributed by atoms with Crippen LogP contribution in [-0.4, -0.2) is 60.0 Å². The van der Waals surface area contributed by atoms with Crippen LogP contribution >= 0.6 is 11.3 Å². The highest BCUT2D eigenvalue weighted by atomic mass is 32.1. The van der Waals surface area contributed by atoms with Crippen LogP contribution in [0.1, 0.15) is 44.4 Å². The predicted molar refractivity (Wildman–Crippen MR) is 120 cm³/mol. The lowest BCUT2D eigenvalue weighted by Gasteiger charge is -2.33. The van der Waals surface area contributed by atoms with Crippen LogP contribution in [0.2, 0.25) is 0 Å². The van der Waals surface area contributed by atoms with Gasteiger partial charge in [-0.15, -0.1) is 11.3 Å². The molecule has 0 spiro atoms. The quantitative estimate of drug-likeness (QED) is 0.784. The number of likely N-dealkylation sites (tertiary alicyclic amines) is 1. The molecule has 0 bridgehead atoms. The van der Waals surface area contributed by atoms with Crippen molar-refractivity contribution < 1.29 is 4.79 Å². The van der Waals surface area contributed by atoms with Gasteiger partial charge in [-0.25, -0.2) is 9.97 Å². The van der Waals surface area contributed by atoms with Gasteiger partial charge < -0.3 is 15.1 Å². The van der Waals surface area contributed by atoms with Crippen molar-refractivity contribution >= 4 is 33.3 Å². The molecule has 2 aliphatic rings. The van der Waals surface area contributed by atoms with Gasteiger partial charge in [0, 0.05) is 31.1 Å². The number of hydrogen-bond acceptors (Lipinski definition) is 6. The Morgan fingerprint density at radius 3 is 2.86 bits per heavy atom. The lowest BCUT2D eigenvalue weighted by Crippen LogP contribution is -2.45. The molecule has 2 aliphatic heterocycles. The lowest BCUT2D eigenvalue weighted by atomic mass is 9.97. The summed E-state index contributed by atoms with van der Waals surface area (Å²) >= 11 is 1.75. The fourth-order valence-electron chi connectivity index (χ4n) is 4.47. The Balaban J connectivity index is 1.33. The summed E-state index contributed by atoms with van der Waals surface area (Å²) in [5, 5.41) is 4.33. The smallest absolute Gasteiger partial charge is 0.224 e. The Morgan fingerprint density at radius 2 is 2.07 bits per heavy atom. The molecule has 158 valence electrons. The molecule has 0 unspecified atom stereocenters. The molecule has 4 rings (SSSR count). The normalized spacial score (nSPS) is 21.6. The second-order valence-electron chi connectivity index (χ2n) is 8.58. The molecule has 0 saturated carbocycles. The van der Waals surface area contributed by atoms with E-state index in [2.05, 4.69) is 45.0 Å². The third-order valence-corrected chi connectivity index (χ3v) is 7.59. The van der Waals surface area contributed by atoms with Gasteiger partial charge in [0.05, 0.1) is 11.3 Å². The van der Waals surface area contributed by atoms with Gasteiger partial charge in [0.1, 0.15) is 17.0 Å². The lowest BCUT2D eigenvalue weighted by molar-refractivity contribution is -0.125. The number of rotatable bonds is 6. The first kappa shape index (κ1) is 20.5. The summed E-state index contributed by atoms with van der Waals surface area (Å²) in [5.41, 5.74) is 0. The van der Waals surface area contributed by atoms with Crippen LogP contribution < -0.4 is 10.2 Å². The zero-order valence-corrected chi connectivity index (χ0v) is 18.5. The number of piperidine rings is 2. The molecule has 29 heavy (non-hydrogen) atoms. The monoisotopic (exact) mass is 415 g/mol. The van der Waals surface area contributed by atoms with Gasteiger partial charge in [-0.05, 0) is 57.2 Å². The van der Waals surface area contributed by atoms with Crippen molar-refractivity contribution in [1.29, 1.82) is 0 Å². The number of fused-ring (bicyclic) bond motifs is 1. The maximum absolute atomic E-state index is 12.8. The molecule has 2 aromatic rings. The van der Waals surface area contributed by atoms with Crippen LogP contribution in [0.5, 0.6) is 0 Å². The summed E-state index contributed by atoms with van der Waals surface area (Å²) in [6, 6.07) is 2.22. The van der Waals surface area contributed by atoms with Gasteiger partial charge in [0.25, 0.3) is 0 Å². The zero-order valence-electron chi connectivity index (χ0n) is 17.7. The zero-order chi connectivity index (χ0) is 20.2. The number of anilines is 1. The van der Waals surface area contributed by atoms with Crippen LogP contribution in [0.3, 0.4) is 0 Å². The topological polar surface area (TPSA) is 61.4 Å². The second-order valence-corrected chi connectivity index (χ2v) is 9.70. The highest BCUT2D eigenvalue weighted by Gasteiger charge is 2.28. The summed E-state index contributed by atoms with van der Waals surface area (Å²) in [4.78, 5) is 29.0. The standard InChI is InChI=1S/C22H33N5OS/c1-3-18-13-19-20(24-15-25-22(19)29-18)27-9-4-5-17(14-27)21(28)23-8-12-26-10-6-16(2)7-11-26/h13,15-17H,3-12,14H2,1-2H3,(H,23,28)/t17-/m1/s1. The van der Waals surface area contributed by atoms with Crippen LogP contribution in [0.4, 0.5) is 5.82 Å². The van der Waals surface area contributed by atoms with E-state index in [0.29, 0.717) is 0 Å². The highest BCUT2D eigenvalue weighted by molar-refractivity contribution is 7.18. The predicted octanol–water partition coefficient (Wildman–Crippen LogP) is 3.32. The largest absolute Gasteiger partial charge is 0.355 e. The third kappa shape index (κ3) is 4.89. The fourth-order valence-corrected chi connectivity index (χ4v) is 5.40. The van der Waals surface area contributed by atoms with E-state index in [-0.39, 0.29) is 11.8 Å². The molecule has 0 aromatic carbocycles. The highest BCUT2D eigenvalue weighted by Crippen LogP contribution is 2.32. The summed E-state index contributed by atoms with van der Waals surface area (Å²) in [5.74, 6) is 2.08. The Morgan fingerprint density at radius 1 is 1.24 bits per heavy atom. The van der Waals surface area contributed by atoms with Crippen molar-refractivity contribution in [2.75, 3.05) is 44.2 Å². The molecule has 1 N–H and O–H groups in total. The maximum atomic E-state index is 12.8. The van der Waals surface area contributed by atoms with E-state index in [9.17, 15) is 4.79 Å². The van der Waals surface area contributed by atoms with Crippen molar-refractivity contribution in [2.24, 2.45) is 11.8 Å². The van der Waals surface area contributed by atoms with Crippen molar-refractivity contribution in [1.82, 2.24) is 20.2 Å². The number of thiophene rings is 1. The first-order chi connectivity index (χ1) is 14.1. The van der Waals surface area contributed by atoms with Crippen molar-refractivity contribution in [2.45, 2.75) is 46.0 Å². The molecular formula is C22H33N5OS. The first-order valence-corrected chi connectivity index (χ1v) is 11.9. The summed E-state index contributed by atoms with van der Waals surface area (Å²) in [6.07, 6.45) is 7.22. The number of amides is 1. The molecule has 2 saturated heterocycles. The van der Waals surface area contributed by atoms with E-state index in [4.69, 9.17) is 0 Å². The molecule has 2 aromatic heterocycles. The minimum absolute atomic E-state index is 0.0411. The Hall–Kier alpha value is -1.73. The molecule has 1 atom stereocenters. The fraction of sp³-hybridized carbons (Fsp3) is 0.682. The van der Waals surface area contributed by atoms with Gasteiger partial charge in [-0.3, -0.25) is 4.79 Å². The minimum atomic E-state index is 0.0411. The molecule has 4 heterocycles. The molecular weight excluding hydrogens is 382 g/mol. The van der Waals surface area contributed by atoms with Gasteiger partial charge in [-0.1, -0.05) is 13.8 Å². The van der Waals surface area contributed by atoms with Crippen LogP contribution in [0.15, 0.2) is 12.4 Å². The molecule has 1 amide bonds. The second kappa shape index (κ2) is 9.39. The number of carbonyl (C=O) groups is 1. The van der Waals surface area contributed by atoms with Gasteiger partial charge >= 0.3 is 0 Å². The average molecular weight is 416 g/mol. The van der Waals surface area contributed by atoms with E-state index < -0.39 is 0 Å². The van der Waals surface area contributed by atoms with E-state index in [1.54, 1.807) is 17.7 Å². The van der Waals surface area contributed by atoms with Crippen molar-refractivity contribution in [3.63, 3.8) is 0 Å². The van der Waals surface area contributed by atoms with Gasteiger partial charge in [0.2, 0.25) is 5.91 Å². The molecule has 0 aliphatic carbocycles. The van der Waals surface area contributed by atoms with Gasteiger partial charge in [-0.2, -0.15) is 0 Å². The Bertz CT molecular complexity index is 830. The van der Waals surface area contributed by atoms with Crippen molar-refractivity contribution in [3.05, 3.63) is 17.3 Å². The maximum Gasteiger partial charge on any atom is 0.224 e. The molecule has 6 nitrogen and oxygen atoms in total. The van der Waals surface area contributed by atoms with E-state index >= 15 is 0 Å². The van der Waals surface area contributed by atoms with Crippen molar-refractivity contribution in [3.8, 4) is 0 Å². The minimum Gasteiger partial charge on any atom is -0.355 e. The van der Waals surface area contributed by atoms with Crippen LogP contribution in [0.25, 0.3) is 10.2 Å². The molecule has 7 heteroatoms. The van der Waals surface area contributed by atoms with E-state index in [0.717, 1.165) is 67.4 Å². The van der Waals surface area contributed by atoms with E-state index in [1.807, 2.05) is 0 Å². The average Bonchev–Trinajstić information content (AvgIpc) is 3.18. The third-order valence-electron chi connectivity index (χ3n) is 6.40. The number of hydrogen-bond donors (Lipinski definition) is 1. The SMILES string of the molecule is CCc1cc2c(N3CCC[C@@H](C(=O)NCCN4CCC(C)CC4)C3)ncnc2s1. The summed E-state index contributed by atoms with van der Waals surface area (Å²) in [6.45, 7) is 10.3. The van der Waals surface area contributed by atoms with E-state index in [1.165, 1.54) is 30.8 Å². The van der Waals surface area contributed by atoms with Crippen LogP contribution in [0, 0.1) is 11.8 Å². The number of nitrogens with zero attached hydrogens (tertiary/aromatic N) is 4. The number of carbonyl (C=O) groups excluding carboxylic acids is 1. The molecule has 0 radical (unpaired) electrons. The molecule has 2 fully saturated rings. The number of nitrogens with one attached hydrogen (secondary N) is 1. The summed E-state index contributed by atoms with van der Waals surface area (Å²) < 4.78 is 0.